The third kappa shape index (κ3) is 3.58. The first-order chi connectivity index (χ1) is 12.3. The van der Waals surface area contributed by atoms with E-state index in [0.717, 1.165) is 23.5 Å². The molecule has 0 bridgehead atoms. The van der Waals surface area contributed by atoms with Crippen molar-refractivity contribution in [2.45, 2.75) is 6.18 Å². The molecule has 8 heteroatoms. The van der Waals surface area contributed by atoms with Crippen molar-refractivity contribution in [3.63, 3.8) is 0 Å². The van der Waals surface area contributed by atoms with E-state index in [2.05, 4.69) is 4.98 Å². The van der Waals surface area contributed by atoms with Gasteiger partial charge in [-0.3, -0.25) is 0 Å². The predicted molar refractivity (Wildman–Crippen MR) is 91.5 cm³/mol. The molecule has 0 fully saturated rings. The molecular weight excluding hydrogens is 365 g/mol. The van der Waals surface area contributed by atoms with Crippen LogP contribution >= 0.6 is 11.3 Å². The number of nitrogens with zero attached hydrogens (tertiary/aromatic N) is 2. The van der Waals surface area contributed by atoms with Crippen LogP contribution in [0.25, 0.3) is 21.9 Å². The minimum Gasteiger partial charge on any atom is -0.478 e. The number of hydrogen-bond acceptors (Lipinski definition) is 4. The molecule has 1 aromatic heterocycles. The summed E-state index contributed by atoms with van der Waals surface area (Å²) in [6, 6.07) is 11.1. The van der Waals surface area contributed by atoms with E-state index in [1.165, 1.54) is 36.4 Å². The number of carboxylic acids is 1. The first kappa shape index (κ1) is 17.6. The zero-order chi connectivity index (χ0) is 18.9. The molecule has 0 spiro atoms. The lowest BCUT2D eigenvalue weighted by Crippen LogP contribution is -2.03. The number of benzene rings is 2. The van der Waals surface area contributed by atoms with Gasteiger partial charge in [0.1, 0.15) is 11.1 Å². The van der Waals surface area contributed by atoms with E-state index in [1.54, 1.807) is 0 Å². The standard InChI is InChI=1S/C18H9F3N2O2S/c19-18(20,21)13-5-6-15-14(8-13)23-16(26-15)12(9-22)7-10-1-3-11(4-2-10)17(24)25/h1-8H,(H,24,25)/b12-7-. The molecule has 0 amide bonds. The molecule has 4 nitrogen and oxygen atoms in total. The van der Waals surface area contributed by atoms with Gasteiger partial charge in [0.05, 0.1) is 26.9 Å². The van der Waals surface area contributed by atoms with Crippen LogP contribution in [0.4, 0.5) is 13.2 Å². The van der Waals surface area contributed by atoms with Crippen molar-refractivity contribution in [2.24, 2.45) is 0 Å². The number of carboxylic acid groups (broad SMARTS) is 1. The average molecular weight is 374 g/mol. The largest absolute Gasteiger partial charge is 0.478 e. The molecule has 0 atom stereocenters. The van der Waals surface area contributed by atoms with E-state index >= 15 is 0 Å². The second-order valence-corrected chi connectivity index (χ2v) is 6.33. The van der Waals surface area contributed by atoms with E-state index in [1.807, 2.05) is 6.07 Å². The number of aromatic nitrogens is 1. The summed E-state index contributed by atoms with van der Waals surface area (Å²) < 4.78 is 38.9. The summed E-state index contributed by atoms with van der Waals surface area (Å²) in [7, 11) is 0. The van der Waals surface area contributed by atoms with Crippen LogP contribution in [-0.4, -0.2) is 16.1 Å². The Kier molecular flexibility index (Phi) is 4.49. The lowest BCUT2D eigenvalue weighted by Gasteiger charge is -2.04. The van der Waals surface area contributed by atoms with Crippen molar-refractivity contribution in [3.05, 3.63) is 64.2 Å². The Bertz CT molecular complexity index is 1060. The van der Waals surface area contributed by atoms with E-state index in [-0.39, 0.29) is 16.7 Å². The second-order valence-electron chi connectivity index (χ2n) is 5.30. The normalized spacial score (nSPS) is 12.2. The van der Waals surface area contributed by atoms with E-state index in [0.29, 0.717) is 15.3 Å². The van der Waals surface area contributed by atoms with E-state index < -0.39 is 17.7 Å². The highest BCUT2D eigenvalue weighted by molar-refractivity contribution is 7.19. The third-order valence-corrected chi connectivity index (χ3v) is 4.60. The summed E-state index contributed by atoms with van der Waals surface area (Å²) in [5.41, 5.74) is 0.251. The molecule has 1 N–H and O–H groups in total. The molecule has 0 saturated heterocycles. The van der Waals surface area contributed by atoms with Crippen LogP contribution in [0.2, 0.25) is 0 Å². The fraction of sp³-hybridized carbons (Fsp3) is 0.0556. The van der Waals surface area contributed by atoms with Crippen LogP contribution in [0.3, 0.4) is 0 Å². The Hall–Kier alpha value is -3.18. The lowest BCUT2D eigenvalue weighted by molar-refractivity contribution is -0.137. The molecule has 1 heterocycles. The quantitative estimate of drug-likeness (QED) is 0.649. The van der Waals surface area contributed by atoms with Gasteiger partial charge in [-0.05, 0) is 42.0 Å². The second kappa shape index (κ2) is 6.61. The van der Waals surface area contributed by atoms with Crippen molar-refractivity contribution in [2.75, 3.05) is 0 Å². The molecule has 0 aliphatic carbocycles. The highest BCUT2D eigenvalue weighted by Gasteiger charge is 2.30. The maximum atomic E-state index is 12.8. The van der Waals surface area contributed by atoms with Gasteiger partial charge >= 0.3 is 12.1 Å². The first-order valence-electron chi connectivity index (χ1n) is 7.21. The summed E-state index contributed by atoms with van der Waals surface area (Å²) in [6.45, 7) is 0. The topological polar surface area (TPSA) is 74.0 Å². The third-order valence-electron chi connectivity index (χ3n) is 3.53. The zero-order valence-corrected chi connectivity index (χ0v) is 13.7. The van der Waals surface area contributed by atoms with Gasteiger partial charge in [0.25, 0.3) is 0 Å². The van der Waals surface area contributed by atoms with Crippen LogP contribution in [0.1, 0.15) is 26.5 Å². The maximum Gasteiger partial charge on any atom is 0.416 e. The maximum absolute atomic E-state index is 12.8. The number of rotatable bonds is 3. The number of nitriles is 1. The van der Waals surface area contributed by atoms with E-state index in [4.69, 9.17) is 5.11 Å². The van der Waals surface area contributed by atoms with Gasteiger partial charge in [0, 0.05) is 0 Å². The Labute approximate surface area is 149 Å². The fourth-order valence-electron chi connectivity index (χ4n) is 2.25. The monoisotopic (exact) mass is 374 g/mol. The van der Waals surface area contributed by atoms with Gasteiger partial charge in [0.15, 0.2) is 0 Å². The number of aromatic carboxylic acids is 1. The molecular formula is C18H9F3N2O2S. The molecule has 0 radical (unpaired) electrons. The van der Waals surface area contributed by atoms with E-state index in [9.17, 15) is 23.2 Å². The molecule has 0 aliphatic heterocycles. The van der Waals surface area contributed by atoms with Gasteiger partial charge in [-0.25, -0.2) is 9.78 Å². The number of hydrogen-bond donors (Lipinski definition) is 1. The van der Waals surface area contributed by atoms with Crippen molar-refractivity contribution in [1.29, 1.82) is 5.26 Å². The summed E-state index contributed by atoms with van der Waals surface area (Å²) in [6.07, 6.45) is -2.95. The van der Waals surface area contributed by atoms with Crippen LogP contribution in [0.15, 0.2) is 42.5 Å². The van der Waals surface area contributed by atoms with Crippen LogP contribution in [0.5, 0.6) is 0 Å². The Morgan fingerprint density at radius 1 is 1.19 bits per heavy atom. The van der Waals surface area contributed by atoms with Crippen LogP contribution in [-0.2, 0) is 6.18 Å². The Morgan fingerprint density at radius 3 is 2.46 bits per heavy atom. The van der Waals surface area contributed by atoms with Gasteiger partial charge in [0.2, 0.25) is 0 Å². The summed E-state index contributed by atoms with van der Waals surface area (Å²) in [5, 5.41) is 18.5. The van der Waals surface area contributed by atoms with Crippen molar-refractivity contribution < 1.29 is 23.1 Å². The molecule has 0 unspecified atom stereocenters. The predicted octanol–water partition coefficient (Wildman–Crippen LogP) is 5.08. The Morgan fingerprint density at radius 2 is 1.88 bits per heavy atom. The number of thiazole rings is 1. The summed E-state index contributed by atoms with van der Waals surface area (Å²) >= 11 is 1.11. The number of alkyl halides is 3. The van der Waals surface area contributed by atoms with Gasteiger partial charge in [-0.1, -0.05) is 12.1 Å². The number of carbonyl (C=O) groups is 1. The van der Waals surface area contributed by atoms with Crippen molar-refractivity contribution in [3.8, 4) is 6.07 Å². The fourth-order valence-corrected chi connectivity index (χ4v) is 3.16. The van der Waals surface area contributed by atoms with Gasteiger partial charge < -0.3 is 5.11 Å². The lowest BCUT2D eigenvalue weighted by atomic mass is 10.1. The molecule has 26 heavy (non-hydrogen) atoms. The molecule has 0 saturated carbocycles. The number of fused-ring (bicyclic) bond motifs is 1. The molecule has 0 aliphatic rings. The van der Waals surface area contributed by atoms with Crippen LogP contribution in [0, 0.1) is 11.3 Å². The SMILES string of the molecule is N#C/C(=C/c1ccc(C(=O)O)cc1)c1nc2cc(C(F)(F)F)ccc2s1. The first-order valence-corrected chi connectivity index (χ1v) is 8.03. The van der Waals surface area contributed by atoms with Crippen molar-refractivity contribution >= 4 is 39.2 Å². The minimum atomic E-state index is -4.46. The molecule has 3 rings (SSSR count). The van der Waals surface area contributed by atoms with Crippen LogP contribution < -0.4 is 0 Å². The van der Waals surface area contributed by atoms with Gasteiger partial charge in [-0.15, -0.1) is 11.3 Å². The highest BCUT2D eigenvalue weighted by Crippen LogP contribution is 2.34. The molecule has 2 aromatic carbocycles. The van der Waals surface area contributed by atoms with Crippen molar-refractivity contribution in [1.82, 2.24) is 4.98 Å². The number of halogens is 3. The molecule has 3 aromatic rings. The Balaban J connectivity index is 1.99. The van der Waals surface area contributed by atoms with Gasteiger partial charge in [-0.2, -0.15) is 18.4 Å². The smallest absolute Gasteiger partial charge is 0.416 e. The number of allylic oxidation sites excluding steroid dienone is 1. The summed E-state index contributed by atoms with van der Waals surface area (Å²) in [5.74, 6) is -1.06. The minimum absolute atomic E-state index is 0.111. The summed E-state index contributed by atoms with van der Waals surface area (Å²) in [4.78, 5) is 15.0. The highest BCUT2D eigenvalue weighted by atomic mass is 32.1. The molecule has 130 valence electrons. The zero-order valence-electron chi connectivity index (χ0n) is 12.9. The average Bonchev–Trinajstić information content (AvgIpc) is 3.02.